The first-order chi connectivity index (χ1) is 16.0. The number of likely N-dealkylation sites (tertiary alicyclic amines) is 1. The van der Waals surface area contributed by atoms with Gasteiger partial charge in [-0.05, 0) is 44.2 Å². The van der Waals surface area contributed by atoms with Crippen molar-refractivity contribution in [3.63, 3.8) is 0 Å². The summed E-state index contributed by atoms with van der Waals surface area (Å²) in [5, 5.41) is 15.9. The van der Waals surface area contributed by atoms with Crippen LogP contribution in [0.1, 0.15) is 19.4 Å². The lowest BCUT2D eigenvalue weighted by molar-refractivity contribution is 0.149. The molecule has 174 valence electrons. The Balaban J connectivity index is 1.53. The van der Waals surface area contributed by atoms with Crippen LogP contribution in [0.25, 0.3) is 27.7 Å². The highest BCUT2D eigenvalue weighted by atomic mass is 19.1. The molecule has 0 amide bonds. The molecule has 4 aromatic rings. The van der Waals surface area contributed by atoms with Crippen LogP contribution in [-0.2, 0) is 0 Å². The van der Waals surface area contributed by atoms with Crippen molar-refractivity contribution in [2.24, 2.45) is 0 Å². The van der Waals surface area contributed by atoms with E-state index in [1.165, 1.54) is 0 Å². The molecule has 4 heterocycles. The molecule has 0 unspecified atom stereocenters. The summed E-state index contributed by atoms with van der Waals surface area (Å²) < 4.78 is 36.6. The summed E-state index contributed by atoms with van der Waals surface area (Å²) in [6, 6.07) is 6.85. The number of rotatable bonds is 6. The standard InChI is InChI=1S/C22H26F2N8O/c1-13(11-23)32-19-10-14(4-5-18(19)27-29-32)15-6-9-31-20(15)21(33-3)26-22(28-31)25-17-7-8-30(2)12-16(17)24/h4-6,9-10,13,16-17H,7-8,11-12H2,1-3H3,(H,25,28)/t13-,16-,17+/m1/s1. The highest BCUT2D eigenvalue weighted by molar-refractivity contribution is 5.89. The average Bonchev–Trinajstić information content (AvgIpc) is 3.43. The number of anilines is 1. The molecule has 9 nitrogen and oxygen atoms in total. The summed E-state index contributed by atoms with van der Waals surface area (Å²) in [6.07, 6.45) is 1.47. The minimum absolute atomic E-state index is 0.313. The molecule has 3 aromatic heterocycles. The molecule has 33 heavy (non-hydrogen) atoms. The van der Waals surface area contributed by atoms with E-state index in [0.717, 1.165) is 23.2 Å². The van der Waals surface area contributed by atoms with Crippen molar-refractivity contribution in [3.8, 4) is 17.0 Å². The second kappa shape index (κ2) is 8.54. The van der Waals surface area contributed by atoms with E-state index >= 15 is 0 Å². The molecule has 1 aliphatic heterocycles. The number of nitrogens with zero attached hydrogens (tertiary/aromatic N) is 7. The Kier molecular flexibility index (Phi) is 5.57. The number of piperidine rings is 1. The van der Waals surface area contributed by atoms with Gasteiger partial charge >= 0.3 is 0 Å². The van der Waals surface area contributed by atoms with Crippen molar-refractivity contribution in [2.45, 2.75) is 31.6 Å². The van der Waals surface area contributed by atoms with Crippen molar-refractivity contribution in [3.05, 3.63) is 30.5 Å². The van der Waals surface area contributed by atoms with Crippen molar-refractivity contribution in [1.29, 1.82) is 0 Å². The predicted molar refractivity (Wildman–Crippen MR) is 121 cm³/mol. The zero-order valence-corrected chi connectivity index (χ0v) is 18.7. The number of fused-ring (bicyclic) bond motifs is 2. The molecule has 0 saturated carbocycles. The summed E-state index contributed by atoms with van der Waals surface area (Å²) in [5.41, 5.74) is 3.84. The Labute approximate surface area is 189 Å². The van der Waals surface area contributed by atoms with Crippen LogP contribution in [-0.4, -0.2) is 80.6 Å². The van der Waals surface area contributed by atoms with Crippen LogP contribution in [0.5, 0.6) is 5.88 Å². The van der Waals surface area contributed by atoms with Gasteiger partial charge in [-0.1, -0.05) is 11.3 Å². The number of halogens is 2. The van der Waals surface area contributed by atoms with Crippen LogP contribution < -0.4 is 10.1 Å². The van der Waals surface area contributed by atoms with E-state index in [9.17, 15) is 8.78 Å². The average molecular weight is 457 g/mol. The van der Waals surface area contributed by atoms with Gasteiger partial charge in [-0.3, -0.25) is 0 Å². The van der Waals surface area contributed by atoms with Gasteiger partial charge in [0.2, 0.25) is 11.8 Å². The third kappa shape index (κ3) is 3.86. The maximum absolute atomic E-state index is 14.5. The fourth-order valence-corrected chi connectivity index (χ4v) is 4.31. The van der Waals surface area contributed by atoms with Gasteiger partial charge < -0.3 is 15.0 Å². The number of alkyl halides is 2. The van der Waals surface area contributed by atoms with Crippen LogP contribution in [0.15, 0.2) is 30.5 Å². The van der Waals surface area contributed by atoms with Gasteiger partial charge in [0.1, 0.15) is 23.9 Å². The third-order valence-electron chi connectivity index (χ3n) is 6.15. The van der Waals surface area contributed by atoms with Crippen molar-refractivity contribution >= 4 is 22.5 Å². The smallest absolute Gasteiger partial charge is 0.244 e. The molecule has 0 bridgehead atoms. The second-order valence-electron chi connectivity index (χ2n) is 8.53. The quantitative estimate of drug-likeness (QED) is 0.477. The molecule has 0 spiro atoms. The topological polar surface area (TPSA) is 85.4 Å². The monoisotopic (exact) mass is 456 g/mol. The van der Waals surface area contributed by atoms with Gasteiger partial charge in [0, 0.05) is 24.8 Å². The number of hydrogen-bond donors (Lipinski definition) is 1. The minimum Gasteiger partial charge on any atom is -0.479 e. The van der Waals surface area contributed by atoms with Crippen molar-refractivity contribution in [1.82, 2.24) is 34.5 Å². The first-order valence-corrected chi connectivity index (χ1v) is 10.9. The van der Waals surface area contributed by atoms with E-state index in [2.05, 4.69) is 25.7 Å². The van der Waals surface area contributed by atoms with Crippen molar-refractivity contribution < 1.29 is 13.5 Å². The van der Waals surface area contributed by atoms with Crippen LogP contribution in [0, 0.1) is 0 Å². The fourth-order valence-electron chi connectivity index (χ4n) is 4.31. The zero-order valence-electron chi connectivity index (χ0n) is 18.7. The molecular formula is C22H26F2N8O. The first kappa shape index (κ1) is 21.5. The van der Waals surface area contributed by atoms with E-state index in [-0.39, 0.29) is 6.04 Å². The summed E-state index contributed by atoms with van der Waals surface area (Å²) in [6.45, 7) is 2.40. The molecule has 0 aliphatic carbocycles. The summed E-state index contributed by atoms with van der Waals surface area (Å²) in [4.78, 5) is 6.48. The van der Waals surface area contributed by atoms with Crippen LogP contribution >= 0.6 is 0 Å². The van der Waals surface area contributed by atoms with Gasteiger partial charge in [-0.2, -0.15) is 4.98 Å². The zero-order chi connectivity index (χ0) is 23.1. The Morgan fingerprint density at radius 3 is 2.91 bits per heavy atom. The van der Waals surface area contributed by atoms with Crippen LogP contribution in [0.3, 0.4) is 0 Å². The van der Waals surface area contributed by atoms with Gasteiger partial charge in [0.05, 0.1) is 24.7 Å². The normalized spacial score (nSPS) is 20.4. The number of benzene rings is 1. The summed E-state index contributed by atoms with van der Waals surface area (Å²) >= 11 is 0. The maximum atomic E-state index is 14.5. The maximum Gasteiger partial charge on any atom is 0.244 e. The summed E-state index contributed by atoms with van der Waals surface area (Å²) in [5.74, 6) is 0.688. The molecule has 3 atom stereocenters. The van der Waals surface area contributed by atoms with Crippen molar-refractivity contribution in [2.75, 3.05) is 39.2 Å². The van der Waals surface area contributed by atoms with E-state index in [0.29, 0.717) is 35.8 Å². The van der Waals surface area contributed by atoms with Gasteiger partial charge in [0.25, 0.3) is 0 Å². The molecular weight excluding hydrogens is 430 g/mol. The molecule has 1 fully saturated rings. The number of nitrogens with one attached hydrogen (secondary N) is 1. The molecule has 5 rings (SSSR count). The summed E-state index contributed by atoms with van der Waals surface area (Å²) in [7, 11) is 3.45. The number of hydrogen-bond acceptors (Lipinski definition) is 7. The molecule has 11 heteroatoms. The van der Waals surface area contributed by atoms with Crippen LogP contribution in [0.2, 0.25) is 0 Å². The number of aromatic nitrogens is 6. The van der Waals surface area contributed by atoms with Gasteiger partial charge in [-0.15, -0.1) is 10.2 Å². The molecule has 1 aromatic carbocycles. The lowest BCUT2D eigenvalue weighted by atomic mass is 10.0. The fraction of sp³-hybridized carbons (Fsp3) is 0.455. The molecule has 1 N–H and O–H groups in total. The SMILES string of the molecule is COc1nc(N[C@H]2CCN(C)C[C@H]2F)nn2ccc(-c3ccc4nnn([C@H](C)CF)c4c3)c12. The molecule has 0 radical (unpaired) electrons. The third-order valence-corrected chi connectivity index (χ3v) is 6.15. The Morgan fingerprint density at radius 1 is 1.30 bits per heavy atom. The minimum atomic E-state index is -1.01. The predicted octanol–water partition coefficient (Wildman–Crippen LogP) is 3.13. The number of methoxy groups -OCH3 is 1. The Morgan fingerprint density at radius 2 is 2.15 bits per heavy atom. The van der Waals surface area contributed by atoms with E-state index in [4.69, 9.17) is 4.74 Å². The largest absolute Gasteiger partial charge is 0.479 e. The van der Waals surface area contributed by atoms with Gasteiger partial charge in [-0.25, -0.2) is 18.0 Å². The Bertz CT molecular complexity index is 1290. The van der Waals surface area contributed by atoms with E-state index in [1.54, 1.807) is 23.2 Å². The second-order valence-corrected chi connectivity index (χ2v) is 8.53. The highest BCUT2D eigenvalue weighted by Crippen LogP contribution is 2.33. The van der Waals surface area contributed by atoms with E-state index in [1.807, 2.05) is 42.4 Å². The molecule has 1 saturated heterocycles. The lowest BCUT2D eigenvalue weighted by Crippen LogP contribution is -2.46. The van der Waals surface area contributed by atoms with E-state index < -0.39 is 18.9 Å². The first-order valence-electron chi connectivity index (χ1n) is 10.9. The Hall–Kier alpha value is -3.34. The van der Waals surface area contributed by atoms with Gasteiger partial charge in [0.15, 0.2) is 0 Å². The lowest BCUT2D eigenvalue weighted by Gasteiger charge is -2.32. The molecule has 1 aliphatic rings. The van der Waals surface area contributed by atoms with Crippen LogP contribution in [0.4, 0.5) is 14.7 Å². The highest BCUT2D eigenvalue weighted by Gasteiger charge is 2.28. The number of ether oxygens (including phenoxy) is 1.